The number of carbonyl (C=O) groups is 1. The third-order valence-electron chi connectivity index (χ3n) is 13.1. The molecule has 0 aromatic heterocycles. The number of nitrogens with zero attached hydrogens (tertiary/aromatic N) is 2. The van der Waals surface area contributed by atoms with Crippen molar-refractivity contribution in [3.8, 4) is 23.0 Å². The third kappa shape index (κ3) is 11.5. The lowest BCUT2D eigenvalue weighted by atomic mass is 9.55. The Kier molecular flexibility index (Phi) is 17.2. The molecule has 2 heterocycles. The number of phenols is 1. The van der Waals surface area contributed by atoms with Gasteiger partial charge < -0.3 is 44.0 Å². The Morgan fingerprint density at radius 1 is 0.903 bits per heavy atom. The highest BCUT2D eigenvalue weighted by Crippen LogP contribution is 2.62. The summed E-state index contributed by atoms with van der Waals surface area (Å²) in [4.78, 5) is 23.4. The normalized spacial score (nSPS) is 24.2. The number of aliphatic hydroxyl groups excluding tert-OH is 2. The summed E-state index contributed by atoms with van der Waals surface area (Å²) < 4.78 is 26.0. The molecule has 6 unspecified atom stereocenters. The van der Waals surface area contributed by atoms with Crippen LogP contribution in [0.2, 0.25) is 0 Å². The van der Waals surface area contributed by atoms with Gasteiger partial charge in [0.05, 0.1) is 18.2 Å². The molecule has 0 saturated heterocycles. The second-order valence-electron chi connectivity index (χ2n) is 18.8. The maximum Gasteiger partial charge on any atom is 0.239 e. The van der Waals surface area contributed by atoms with Crippen molar-refractivity contribution < 1.29 is 43.9 Å². The smallest absolute Gasteiger partial charge is 0.239 e. The van der Waals surface area contributed by atoms with Gasteiger partial charge in [0, 0.05) is 44.1 Å². The molecule has 6 rings (SSSR count). The molecule has 1 amide bonds. The number of aliphatic hydroxyl groups is 2. The molecule has 2 aromatic carbocycles. The topological polar surface area (TPSA) is 140 Å². The van der Waals surface area contributed by atoms with Gasteiger partial charge in [-0.3, -0.25) is 4.79 Å². The molecule has 11 nitrogen and oxygen atoms in total. The number of phenolic OH excluding ortho intramolecular Hbond substituents is 1. The van der Waals surface area contributed by atoms with Crippen LogP contribution in [0.4, 0.5) is 0 Å². The number of rotatable bonds is 25. The fourth-order valence-corrected chi connectivity index (χ4v) is 10.2. The lowest BCUT2D eigenvalue weighted by Crippen LogP contribution is -2.70. The fraction of sp³-hybridized carbons (Fsp3) is 0.647. The molecule has 0 radical (unpaired) electrons. The Balaban J connectivity index is 1.48. The third-order valence-corrected chi connectivity index (χ3v) is 13.1. The first-order valence-corrected chi connectivity index (χ1v) is 23.7. The molecule has 342 valence electrons. The summed E-state index contributed by atoms with van der Waals surface area (Å²) in [5.41, 5.74) is 2.91. The van der Waals surface area contributed by atoms with E-state index in [-0.39, 0.29) is 62.6 Å². The van der Waals surface area contributed by atoms with Gasteiger partial charge in [-0.05, 0) is 106 Å². The zero-order valence-corrected chi connectivity index (χ0v) is 38.0. The molecule has 2 aromatic rings. The summed E-state index contributed by atoms with van der Waals surface area (Å²) in [5.74, 6) is 0.198. The summed E-state index contributed by atoms with van der Waals surface area (Å²) in [5, 5.41) is 35.9. The average molecular weight is 859 g/mol. The van der Waals surface area contributed by atoms with Crippen LogP contribution in [0, 0.1) is 17.8 Å². The Labute approximate surface area is 370 Å². The molecular weight excluding hydrogens is 785 g/mol. The second kappa shape index (κ2) is 22.5. The minimum absolute atomic E-state index is 0.00884. The van der Waals surface area contributed by atoms with Crippen molar-refractivity contribution in [2.75, 3.05) is 26.6 Å². The molecule has 6 atom stereocenters. The molecule has 1 saturated carbocycles. The number of oxime groups is 1. The standard InChI is InChI=1S/C51H74N2O9/c1-6-8-9-10-11-12-13-14-15-22-47(57)53(34-36-23-25-44-45(30-36)59-35-58-44)46-33-42(52-62-50(3,4)5)40-31-37(20-16-18-27-54)39(21-17-19-28-55)48-41-32-38(56)24-26-43(41)61-51(46,49(40)48)60-29-7-2/h7,23-26,30-32,37,39,46,48-49,54-56H,2,6,8-22,27-29,33-35H2,1,3-5H3. The molecule has 0 spiro atoms. The number of allylic oxidation sites excluding steroid dienone is 1. The average Bonchev–Trinajstić information content (AvgIpc) is 3.73. The number of benzene rings is 2. The Morgan fingerprint density at radius 2 is 1.60 bits per heavy atom. The van der Waals surface area contributed by atoms with E-state index in [2.05, 4.69) is 19.6 Å². The number of amides is 1. The van der Waals surface area contributed by atoms with Crippen LogP contribution in [0.3, 0.4) is 0 Å². The quantitative estimate of drug-likeness (QED) is 0.0506. The number of fused-ring (bicyclic) bond motifs is 3. The van der Waals surface area contributed by atoms with Crippen molar-refractivity contribution in [3.05, 3.63) is 71.8 Å². The van der Waals surface area contributed by atoms with Gasteiger partial charge in [0.15, 0.2) is 11.5 Å². The maximum atomic E-state index is 15.2. The predicted octanol–water partition coefficient (Wildman–Crippen LogP) is 10.5. The maximum absolute atomic E-state index is 15.2. The number of carbonyl (C=O) groups excluding carboxylic acids is 1. The van der Waals surface area contributed by atoms with Crippen LogP contribution in [-0.4, -0.2) is 75.9 Å². The summed E-state index contributed by atoms with van der Waals surface area (Å²) in [6.07, 6.45) is 19.7. The first kappa shape index (κ1) is 47.4. The second-order valence-corrected chi connectivity index (χ2v) is 18.8. The van der Waals surface area contributed by atoms with Crippen LogP contribution in [0.1, 0.15) is 154 Å². The van der Waals surface area contributed by atoms with Crippen LogP contribution < -0.4 is 14.2 Å². The van der Waals surface area contributed by atoms with Crippen molar-refractivity contribution in [2.24, 2.45) is 22.9 Å². The van der Waals surface area contributed by atoms with E-state index >= 15 is 4.79 Å². The van der Waals surface area contributed by atoms with Crippen LogP contribution in [-0.2, 0) is 20.9 Å². The van der Waals surface area contributed by atoms with E-state index in [1.165, 1.54) is 38.5 Å². The zero-order chi connectivity index (χ0) is 44.1. The molecule has 2 aliphatic heterocycles. The van der Waals surface area contributed by atoms with Gasteiger partial charge in [-0.15, -0.1) is 6.58 Å². The summed E-state index contributed by atoms with van der Waals surface area (Å²) >= 11 is 0. The number of ether oxygens (including phenoxy) is 4. The van der Waals surface area contributed by atoms with Crippen LogP contribution in [0.15, 0.2) is 65.9 Å². The number of unbranched alkanes of at least 4 members (excludes halogenated alkanes) is 10. The van der Waals surface area contributed by atoms with Gasteiger partial charge in [-0.2, -0.15) is 0 Å². The minimum atomic E-state index is -1.38. The Morgan fingerprint density at radius 3 is 2.31 bits per heavy atom. The monoisotopic (exact) mass is 859 g/mol. The van der Waals surface area contributed by atoms with E-state index in [1.54, 1.807) is 12.1 Å². The lowest BCUT2D eigenvalue weighted by molar-refractivity contribution is -0.258. The number of aromatic hydroxyl groups is 1. The van der Waals surface area contributed by atoms with E-state index in [1.807, 2.05) is 56.0 Å². The van der Waals surface area contributed by atoms with E-state index in [9.17, 15) is 15.3 Å². The number of hydrogen-bond acceptors (Lipinski definition) is 10. The van der Waals surface area contributed by atoms with E-state index in [0.29, 0.717) is 42.9 Å². The SMILES string of the molecule is C=CCOC12Oc3ccc(O)cc3C3C(CCCCO)C(CCCCO)C=C(C(=NOC(C)(C)C)CC1N(Cc1ccc4c(c1)OCO4)C(=O)CCCCCCCCCCC)C32. The van der Waals surface area contributed by atoms with Crippen molar-refractivity contribution in [1.29, 1.82) is 0 Å². The van der Waals surface area contributed by atoms with Crippen molar-refractivity contribution in [2.45, 2.75) is 167 Å². The van der Waals surface area contributed by atoms with E-state index < -0.39 is 23.3 Å². The molecule has 11 heteroatoms. The molecular formula is C51H74N2O9. The molecule has 0 bridgehead atoms. The van der Waals surface area contributed by atoms with Crippen molar-refractivity contribution >= 4 is 11.6 Å². The summed E-state index contributed by atoms with van der Waals surface area (Å²) in [7, 11) is 0. The first-order valence-electron chi connectivity index (χ1n) is 23.7. The van der Waals surface area contributed by atoms with Crippen LogP contribution >= 0.6 is 0 Å². The van der Waals surface area contributed by atoms with E-state index in [4.69, 9.17) is 28.9 Å². The van der Waals surface area contributed by atoms with Crippen molar-refractivity contribution in [3.63, 3.8) is 0 Å². The number of hydrogen-bond donors (Lipinski definition) is 3. The molecule has 62 heavy (non-hydrogen) atoms. The van der Waals surface area contributed by atoms with Gasteiger partial charge >= 0.3 is 0 Å². The van der Waals surface area contributed by atoms with Gasteiger partial charge in [-0.1, -0.05) is 94.5 Å². The molecule has 2 aliphatic carbocycles. The fourth-order valence-electron chi connectivity index (χ4n) is 10.2. The van der Waals surface area contributed by atoms with Gasteiger partial charge in [0.25, 0.3) is 0 Å². The van der Waals surface area contributed by atoms with Crippen molar-refractivity contribution in [1.82, 2.24) is 4.90 Å². The van der Waals surface area contributed by atoms with Gasteiger partial charge in [0.1, 0.15) is 23.1 Å². The molecule has 3 N–H and O–H groups in total. The molecule has 4 aliphatic rings. The van der Waals surface area contributed by atoms with Gasteiger partial charge in [-0.25, -0.2) is 0 Å². The first-order chi connectivity index (χ1) is 30.0. The largest absolute Gasteiger partial charge is 0.508 e. The minimum Gasteiger partial charge on any atom is -0.508 e. The lowest BCUT2D eigenvalue weighted by Gasteiger charge is -2.60. The van der Waals surface area contributed by atoms with E-state index in [0.717, 1.165) is 67.4 Å². The van der Waals surface area contributed by atoms with Gasteiger partial charge in [0.2, 0.25) is 18.5 Å². The predicted molar refractivity (Wildman–Crippen MR) is 242 cm³/mol. The zero-order valence-electron chi connectivity index (χ0n) is 38.0. The molecule has 1 fully saturated rings. The summed E-state index contributed by atoms with van der Waals surface area (Å²) in [6.45, 7) is 13.1. The van der Waals surface area contributed by atoms with Crippen LogP contribution in [0.5, 0.6) is 23.0 Å². The summed E-state index contributed by atoms with van der Waals surface area (Å²) in [6, 6.07) is 10.5. The Bertz CT molecular complexity index is 1840. The highest BCUT2D eigenvalue weighted by molar-refractivity contribution is 6.03. The highest BCUT2D eigenvalue weighted by Gasteiger charge is 2.65. The highest BCUT2D eigenvalue weighted by atomic mass is 16.7. The van der Waals surface area contributed by atoms with Crippen LogP contribution in [0.25, 0.3) is 0 Å². The Hall–Kier alpha value is -4.06.